The van der Waals surface area contributed by atoms with Crippen LogP contribution < -0.4 is 10.2 Å². The number of likely N-dealkylation sites (N-methyl/N-ethyl adjacent to an activating group) is 1. The monoisotopic (exact) mass is 232 g/mol. The zero-order valence-electron chi connectivity index (χ0n) is 11.7. The maximum atomic E-state index is 3.56. The third kappa shape index (κ3) is 2.26. The molecule has 0 amide bonds. The van der Waals surface area contributed by atoms with E-state index in [1.165, 1.54) is 23.4 Å². The molecule has 1 aromatic rings. The summed E-state index contributed by atoms with van der Waals surface area (Å²) in [5.41, 5.74) is 4.23. The lowest BCUT2D eigenvalue weighted by Gasteiger charge is -2.37. The normalized spacial score (nSPS) is 19.8. The summed E-state index contributed by atoms with van der Waals surface area (Å²) in [7, 11) is 2.20. The van der Waals surface area contributed by atoms with Crippen LogP contribution in [0.5, 0.6) is 0 Å². The number of hydrogen-bond donors (Lipinski definition) is 1. The van der Waals surface area contributed by atoms with Crippen molar-refractivity contribution in [1.82, 2.24) is 0 Å². The second-order valence-electron chi connectivity index (χ2n) is 6.04. The lowest BCUT2D eigenvalue weighted by Crippen LogP contribution is -2.41. The van der Waals surface area contributed by atoms with Crippen molar-refractivity contribution in [2.24, 2.45) is 0 Å². The van der Waals surface area contributed by atoms with E-state index < -0.39 is 0 Å². The Bertz CT molecular complexity index is 404. The maximum absolute atomic E-state index is 3.56. The summed E-state index contributed by atoms with van der Waals surface area (Å²) < 4.78 is 0. The molecule has 2 heteroatoms. The minimum atomic E-state index is 0.219. The molecule has 1 aromatic carbocycles. The first-order valence-electron chi connectivity index (χ1n) is 6.54. The summed E-state index contributed by atoms with van der Waals surface area (Å²) in [6, 6.07) is 7.43. The van der Waals surface area contributed by atoms with Crippen LogP contribution in [0.25, 0.3) is 0 Å². The van der Waals surface area contributed by atoms with Crippen molar-refractivity contribution in [2.45, 2.75) is 45.6 Å². The first kappa shape index (κ1) is 12.3. The minimum absolute atomic E-state index is 0.219. The topological polar surface area (TPSA) is 15.3 Å². The third-order valence-corrected chi connectivity index (χ3v) is 3.79. The fraction of sp³-hybridized carbons (Fsp3) is 0.600. The van der Waals surface area contributed by atoms with Crippen molar-refractivity contribution in [3.05, 3.63) is 23.8 Å². The number of hydrogen-bond acceptors (Lipinski definition) is 2. The fourth-order valence-electron chi connectivity index (χ4n) is 2.43. The van der Waals surface area contributed by atoms with Crippen LogP contribution in [0, 0.1) is 0 Å². The average Bonchev–Trinajstić information content (AvgIpc) is 2.28. The molecule has 0 bridgehead atoms. The van der Waals surface area contributed by atoms with Crippen molar-refractivity contribution < 1.29 is 0 Å². The van der Waals surface area contributed by atoms with Gasteiger partial charge in [0.1, 0.15) is 0 Å². The van der Waals surface area contributed by atoms with Crippen LogP contribution in [-0.4, -0.2) is 19.6 Å². The zero-order chi connectivity index (χ0) is 12.6. The molecule has 1 unspecified atom stereocenters. The van der Waals surface area contributed by atoms with Gasteiger partial charge in [0.05, 0.1) is 11.4 Å². The van der Waals surface area contributed by atoms with Gasteiger partial charge in [0.25, 0.3) is 0 Å². The predicted molar refractivity (Wildman–Crippen MR) is 76.1 cm³/mol. The minimum Gasteiger partial charge on any atom is -0.381 e. The fourth-order valence-corrected chi connectivity index (χ4v) is 2.43. The van der Waals surface area contributed by atoms with E-state index >= 15 is 0 Å². The van der Waals surface area contributed by atoms with E-state index in [1.807, 2.05) is 0 Å². The number of fused-ring (bicyclic) bond motifs is 1. The molecule has 0 aliphatic carbocycles. The summed E-state index contributed by atoms with van der Waals surface area (Å²) >= 11 is 0. The van der Waals surface area contributed by atoms with Crippen LogP contribution >= 0.6 is 0 Å². The molecular weight excluding hydrogens is 208 g/mol. The van der Waals surface area contributed by atoms with Crippen molar-refractivity contribution >= 4 is 11.4 Å². The van der Waals surface area contributed by atoms with E-state index in [0.717, 1.165) is 6.54 Å². The van der Waals surface area contributed by atoms with Crippen molar-refractivity contribution in [3.63, 3.8) is 0 Å². The van der Waals surface area contributed by atoms with E-state index in [2.05, 4.69) is 63.2 Å². The van der Waals surface area contributed by atoms with E-state index in [9.17, 15) is 0 Å². The molecular formula is C15H24N2. The summed E-state index contributed by atoms with van der Waals surface area (Å²) in [6.07, 6.45) is 1.18. The van der Waals surface area contributed by atoms with Gasteiger partial charge in [-0.05, 0) is 29.5 Å². The smallest absolute Gasteiger partial charge is 0.0602 e. The largest absolute Gasteiger partial charge is 0.381 e. The van der Waals surface area contributed by atoms with Gasteiger partial charge in [-0.15, -0.1) is 0 Å². The van der Waals surface area contributed by atoms with Crippen molar-refractivity contribution in [2.75, 3.05) is 23.8 Å². The Morgan fingerprint density at radius 2 is 2.06 bits per heavy atom. The summed E-state index contributed by atoms with van der Waals surface area (Å²) in [5, 5.41) is 3.56. The van der Waals surface area contributed by atoms with Crippen molar-refractivity contribution in [1.29, 1.82) is 0 Å². The van der Waals surface area contributed by atoms with E-state index in [0.29, 0.717) is 6.04 Å². The van der Waals surface area contributed by atoms with Crippen LogP contribution in [0.4, 0.5) is 11.4 Å². The molecule has 0 saturated carbocycles. The molecule has 0 saturated heterocycles. The number of rotatable bonds is 1. The standard InChI is InChI=1S/C15H24N2/c1-6-12-10-16-13-9-11(15(2,3)4)7-8-14(13)17(12)5/h7-9,12,16H,6,10H2,1-5H3. The highest BCUT2D eigenvalue weighted by Gasteiger charge is 2.23. The molecule has 2 rings (SSSR count). The lowest BCUT2D eigenvalue weighted by molar-refractivity contribution is 0.587. The van der Waals surface area contributed by atoms with Gasteiger partial charge in [0.15, 0.2) is 0 Å². The van der Waals surface area contributed by atoms with Crippen LogP contribution in [0.2, 0.25) is 0 Å². The Hall–Kier alpha value is -1.18. The molecule has 1 aliphatic heterocycles. The van der Waals surface area contributed by atoms with E-state index in [-0.39, 0.29) is 5.41 Å². The maximum Gasteiger partial charge on any atom is 0.0602 e. The third-order valence-electron chi connectivity index (χ3n) is 3.79. The molecule has 0 aromatic heterocycles. The Labute approximate surface area is 105 Å². The highest BCUT2D eigenvalue weighted by atomic mass is 15.2. The quantitative estimate of drug-likeness (QED) is 0.795. The second-order valence-corrected chi connectivity index (χ2v) is 6.04. The Balaban J connectivity index is 2.36. The van der Waals surface area contributed by atoms with Gasteiger partial charge in [0.2, 0.25) is 0 Å². The molecule has 0 radical (unpaired) electrons. The van der Waals surface area contributed by atoms with E-state index in [4.69, 9.17) is 0 Å². The van der Waals surface area contributed by atoms with Crippen molar-refractivity contribution in [3.8, 4) is 0 Å². The molecule has 94 valence electrons. The Morgan fingerprint density at radius 1 is 1.35 bits per heavy atom. The Kier molecular flexibility index (Phi) is 3.07. The molecule has 0 fully saturated rings. The summed E-state index contributed by atoms with van der Waals surface area (Å²) in [6.45, 7) is 10.1. The predicted octanol–water partition coefficient (Wildman–Crippen LogP) is 3.62. The molecule has 17 heavy (non-hydrogen) atoms. The Morgan fingerprint density at radius 3 is 2.65 bits per heavy atom. The lowest BCUT2D eigenvalue weighted by atomic mass is 9.86. The van der Waals surface area contributed by atoms with Crippen LogP contribution in [0.1, 0.15) is 39.7 Å². The molecule has 1 atom stereocenters. The van der Waals surface area contributed by atoms with Gasteiger partial charge in [-0.2, -0.15) is 0 Å². The molecule has 1 aliphatic rings. The number of benzene rings is 1. The van der Waals surface area contributed by atoms with Gasteiger partial charge in [-0.25, -0.2) is 0 Å². The molecule has 0 spiro atoms. The molecule has 1 N–H and O–H groups in total. The molecule has 1 heterocycles. The number of nitrogens with zero attached hydrogens (tertiary/aromatic N) is 1. The van der Waals surface area contributed by atoms with Crippen LogP contribution in [-0.2, 0) is 5.41 Å². The van der Waals surface area contributed by atoms with Gasteiger partial charge in [-0.3, -0.25) is 0 Å². The first-order chi connectivity index (χ1) is 7.93. The number of nitrogens with one attached hydrogen (secondary N) is 1. The average molecular weight is 232 g/mol. The zero-order valence-corrected chi connectivity index (χ0v) is 11.7. The summed E-state index contributed by atoms with van der Waals surface area (Å²) in [5.74, 6) is 0. The van der Waals surface area contributed by atoms with Gasteiger partial charge >= 0.3 is 0 Å². The van der Waals surface area contributed by atoms with Gasteiger partial charge in [-0.1, -0.05) is 33.8 Å². The van der Waals surface area contributed by atoms with Crippen LogP contribution in [0.15, 0.2) is 18.2 Å². The second kappa shape index (κ2) is 4.25. The van der Waals surface area contributed by atoms with E-state index in [1.54, 1.807) is 0 Å². The van der Waals surface area contributed by atoms with Crippen LogP contribution in [0.3, 0.4) is 0 Å². The molecule has 2 nitrogen and oxygen atoms in total. The SMILES string of the molecule is CCC1CNc2cc(C(C)(C)C)ccc2N1C. The van der Waals surface area contributed by atoms with Gasteiger partial charge in [0, 0.05) is 19.6 Å². The summed E-state index contributed by atoms with van der Waals surface area (Å²) in [4.78, 5) is 2.40. The van der Waals surface area contributed by atoms with Gasteiger partial charge < -0.3 is 10.2 Å². The highest BCUT2D eigenvalue weighted by molar-refractivity contribution is 5.73. The highest BCUT2D eigenvalue weighted by Crippen LogP contribution is 2.35. The first-order valence-corrected chi connectivity index (χ1v) is 6.54. The number of anilines is 2.